The molecule has 152 valence electrons. The molecule has 0 aromatic heterocycles. The summed E-state index contributed by atoms with van der Waals surface area (Å²) in [5.41, 5.74) is 0. The van der Waals surface area contributed by atoms with E-state index in [1.165, 1.54) is 0 Å². The van der Waals surface area contributed by atoms with Gasteiger partial charge in [-0.15, -0.1) is 0 Å². The number of hydrogen-bond donors (Lipinski definition) is 1. The number of carboxylic acid groups (broad SMARTS) is 1. The van der Waals surface area contributed by atoms with Crippen molar-refractivity contribution in [3.05, 3.63) is 0 Å². The Labute approximate surface area is 157 Å². The van der Waals surface area contributed by atoms with E-state index in [2.05, 4.69) is 20.8 Å². The van der Waals surface area contributed by atoms with Crippen LogP contribution in [0.15, 0.2) is 0 Å². The maximum Gasteiger partial charge on any atom is 0.307 e. The minimum Gasteiger partial charge on any atom is -0.481 e. The SMILES string of the molecule is CC.CC.CCC(CC)C(C)N(CC)C(=O)C(C)C(C(=O)O)C(C)C. The van der Waals surface area contributed by atoms with Crippen molar-refractivity contribution in [2.24, 2.45) is 23.7 Å². The van der Waals surface area contributed by atoms with Crippen molar-refractivity contribution in [3.63, 3.8) is 0 Å². The molecule has 1 N–H and O–H groups in total. The lowest BCUT2D eigenvalue weighted by Crippen LogP contribution is -2.47. The van der Waals surface area contributed by atoms with Crippen LogP contribution in [0, 0.1) is 23.7 Å². The van der Waals surface area contributed by atoms with E-state index in [-0.39, 0.29) is 17.9 Å². The van der Waals surface area contributed by atoms with Gasteiger partial charge < -0.3 is 10.0 Å². The third-order valence-corrected chi connectivity index (χ3v) is 4.78. The lowest BCUT2D eigenvalue weighted by Gasteiger charge is -2.36. The predicted octanol–water partition coefficient (Wildman–Crippen LogP) is 5.70. The number of carbonyl (C=O) groups is 2. The van der Waals surface area contributed by atoms with Crippen LogP contribution in [0.1, 0.15) is 89.0 Å². The molecule has 0 heterocycles. The molecule has 3 unspecified atom stereocenters. The zero-order valence-electron chi connectivity index (χ0n) is 18.7. The van der Waals surface area contributed by atoms with Gasteiger partial charge in [-0.1, -0.05) is 75.2 Å². The molecule has 0 saturated heterocycles. The molecule has 0 bridgehead atoms. The van der Waals surface area contributed by atoms with Crippen LogP contribution in [-0.4, -0.2) is 34.5 Å². The van der Waals surface area contributed by atoms with Crippen molar-refractivity contribution in [1.82, 2.24) is 4.90 Å². The molecule has 0 aromatic rings. The maximum absolute atomic E-state index is 12.8. The molecule has 0 aromatic carbocycles. The van der Waals surface area contributed by atoms with Crippen molar-refractivity contribution >= 4 is 11.9 Å². The Kier molecular flexibility index (Phi) is 18.9. The number of amides is 1. The predicted molar refractivity (Wildman–Crippen MR) is 109 cm³/mol. The first kappa shape index (κ1) is 28.7. The quantitative estimate of drug-likeness (QED) is 0.574. The average molecular weight is 360 g/mol. The number of carbonyl (C=O) groups excluding carboxylic acids is 1. The Hall–Kier alpha value is -1.06. The zero-order chi connectivity index (χ0) is 20.7. The van der Waals surface area contributed by atoms with E-state index < -0.39 is 17.8 Å². The number of hydrogen-bond acceptors (Lipinski definition) is 2. The first-order valence-electron chi connectivity index (χ1n) is 10.3. The number of carboxylic acids is 1. The molecule has 0 saturated carbocycles. The Morgan fingerprint density at radius 1 is 0.880 bits per heavy atom. The molecule has 0 aliphatic heterocycles. The second-order valence-corrected chi connectivity index (χ2v) is 6.34. The highest BCUT2D eigenvalue weighted by atomic mass is 16.4. The molecular formula is C21H45NO3. The first-order valence-corrected chi connectivity index (χ1v) is 10.3. The van der Waals surface area contributed by atoms with Crippen molar-refractivity contribution in [2.75, 3.05) is 6.54 Å². The second-order valence-electron chi connectivity index (χ2n) is 6.34. The van der Waals surface area contributed by atoms with Gasteiger partial charge in [-0.3, -0.25) is 9.59 Å². The van der Waals surface area contributed by atoms with E-state index in [0.29, 0.717) is 12.5 Å². The molecule has 0 radical (unpaired) electrons. The fourth-order valence-electron chi connectivity index (χ4n) is 3.36. The fourth-order valence-corrected chi connectivity index (χ4v) is 3.36. The Bertz CT molecular complexity index is 338. The summed E-state index contributed by atoms with van der Waals surface area (Å²) >= 11 is 0. The Balaban J connectivity index is -0.00000112. The third kappa shape index (κ3) is 9.27. The highest BCUT2D eigenvalue weighted by Gasteiger charge is 2.36. The summed E-state index contributed by atoms with van der Waals surface area (Å²) in [4.78, 5) is 26.1. The van der Waals surface area contributed by atoms with Gasteiger partial charge in [-0.2, -0.15) is 0 Å². The molecule has 0 aliphatic rings. The molecule has 3 atom stereocenters. The second kappa shape index (κ2) is 16.4. The summed E-state index contributed by atoms with van der Waals surface area (Å²) in [6.45, 7) is 22.4. The monoisotopic (exact) mass is 359 g/mol. The number of nitrogens with zero attached hydrogens (tertiary/aromatic N) is 1. The van der Waals surface area contributed by atoms with Gasteiger partial charge >= 0.3 is 5.97 Å². The number of rotatable bonds is 9. The summed E-state index contributed by atoms with van der Waals surface area (Å²) in [6.07, 6.45) is 2.06. The molecular weight excluding hydrogens is 314 g/mol. The minimum atomic E-state index is -0.878. The number of aliphatic carboxylic acids is 1. The molecule has 1 amide bonds. The van der Waals surface area contributed by atoms with Gasteiger partial charge in [0.25, 0.3) is 0 Å². The fraction of sp³-hybridized carbons (Fsp3) is 0.905. The summed E-state index contributed by atoms with van der Waals surface area (Å²) in [5.74, 6) is -1.61. The van der Waals surface area contributed by atoms with Gasteiger partial charge in [-0.25, -0.2) is 0 Å². The lowest BCUT2D eigenvalue weighted by atomic mass is 9.83. The Morgan fingerprint density at radius 3 is 1.52 bits per heavy atom. The molecule has 4 nitrogen and oxygen atoms in total. The van der Waals surface area contributed by atoms with Gasteiger partial charge in [0.15, 0.2) is 0 Å². The van der Waals surface area contributed by atoms with E-state index in [0.717, 1.165) is 12.8 Å². The molecule has 4 heteroatoms. The topological polar surface area (TPSA) is 57.6 Å². The van der Waals surface area contributed by atoms with Crippen molar-refractivity contribution in [1.29, 1.82) is 0 Å². The van der Waals surface area contributed by atoms with Crippen LogP contribution in [0.25, 0.3) is 0 Å². The summed E-state index contributed by atoms with van der Waals surface area (Å²) in [5, 5.41) is 9.39. The van der Waals surface area contributed by atoms with Gasteiger partial charge in [-0.05, 0) is 25.7 Å². The average Bonchev–Trinajstić information content (AvgIpc) is 2.59. The van der Waals surface area contributed by atoms with E-state index >= 15 is 0 Å². The van der Waals surface area contributed by atoms with Crippen LogP contribution >= 0.6 is 0 Å². The highest BCUT2D eigenvalue weighted by molar-refractivity contribution is 5.84. The van der Waals surface area contributed by atoms with E-state index in [1.807, 2.05) is 53.4 Å². The van der Waals surface area contributed by atoms with Crippen LogP contribution in [-0.2, 0) is 9.59 Å². The summed E-state index contributed by atoms with van der Waals surface area (Å²) < 4.78 is 0. The Morgan fingerprint density at radius 2 is 1.28 bits per heavy atom. The molecule has 0 spiro atoms. The van der Waals surface area contributed by atoms with Gasteiger partial charge in [0, 0.05) is 18.5 Å². The van der Waals surface area contributed by atoms with Gasteiger partial charge in [0.1, 0.15) is 0 Å². The lowest BCUT2D eigenvalue weighted by molar-refractivity contribution is -0.153. The van der Waals surface area contributed by atoms with Gasteiger partial charge in [0.2, 0.25) is 5.91 Å². The van der Waals surface area contributed by atoms with Crippen molar-refractivity contribution < 1.29 is 14.7 Å². The normalized spacial score (nSPS) is 13.8. The third-order valence-electron chi connectivity index (χ3n) is 4.78. The van der Waals surface area contributed by atoms with Crippen LogP contribution < -0.4 is 0 Å². The standard InChI is InChI=1S/C17H33NO3.2C2H6/c1-8-14(9-2)13(7)18(10-3)16(19)12(6)15(11(4)5)17(20)21;2*1-2/h11-15H,8-10H2,1-7H3,(H,20,21);2*1-2H3. The molecule has 0 rings (SSSR count). The van der Waals surface area contributed by atoms with Crippen molar-refractivity contribution in [2.45, 2.75) is 95.0 Å². The maximum atomic E-state index is 12.8. The largest absolute Gasteiger partial charge is 0.481 e. The molecule has 0 aliphatic carbocycles. The smallest absolute Gasteiger partial charge is 0.307 e. The first-order chi connectivity index (χ1) is 11.7. The summed E-state index contributed by atoms with van der Waals surface area (Å²) in [7, 11) is 0. The van der Waals surface area contributed by atoms with Crippen LogP contribution in [0.3, 0.4) is 0 Å². The van der Waals surface area contributed by atoms with Gasteiger partial charge in [0.05, 0.1) is 5.92 Å². The molecule has 25 heavy (non-hydrogen) atoms. The highest BCUT2D eigenvalue weighted by Crippen LogP contribution is 2.26. The van der Waals surface area contributed by atoms with Crippen molar-refractivity contribution in [3.8, 4) is 0 Å². The summed E-state index contributed by atoms with van der Waals surface area (Å²) in [6, 6.07) is 0.154. The van der Waals surface area contributed by atoms with Crippen LogP contribution in [0.2, 0.25) is 0 Å². The zero-order valence-corrected chi connectivity index (χ0v) is 18.7. The van der Waals surface area contributed by atoms with E-state index in [9.17, 15) is 14.7 Å². The molecule has 0 fully saturated rings. The van der Waals surface area contributed by atoms with Crippen LogP contribution in [0.4, 0.5) is 0 Å². The minimum absolute atomic E-state index is 0.0296. The van der Waals surface area contributed by atoms with E-state index in [4.69, 9.17) is 0 Å². The van der Waals surface area contributed by atoms with Crippen LogP contribution in [0.5, 0.6) is 0 Å². The van der Waals surface area contributed by atoms with E-state index in [1.54, 1.807) is 6.92 Å².